The molecule has 0 radical (unpaired) electrons. The Labute approximate surface area is 249 Å². The number of aromatic nitrogens is 1. The maximum atomic E-state index is 5.12. The molecule has 3 aliphatic rings. The van der Waals surface area contributed by atoms with Gasteiger partial charge >= 0.3 is 0 Å². The molecule has 0 bridgehead atoms. The van der Waals surface area contributed by atoms with Crippen LogP contribution in [-0.2, 0) is 5.41 Å². The van der Waals surface area contributed by atoms with Crippen molar-refractivity contribution in [3.8, 4) is 33.5 Å². The Morgan fingerprint density at radius 3 is 2.19 bits per heavy atom. The van der Waals surface area contributed by atoms with Crippen molar-refractivity contribution in [1.29, 1.82) is 0 Å². The standard InChI is InChI=1S/C40H34BN/c1-27-26-40(27,2)34-24-31(28-14-6-3-7-15-28)25-36-37(34)39-35(22-13-23-42-39)41(36)38-32(29-16-8-4-9-17-29)20-12-21-33(38)30-18-10-5-11-19-30/h3-4,6-10,12-25,27H,5,11,26H2,1-2H3/t27-,40?/m0/s1. The Hall–Kier alpha value is -4.43. The van der Waals surface area contributed by atoms with Crippen LogP contribution in [0.25, 0.3) is 39.1 Å². The lowest BCUT2D eigenvalue weighted by atomic mass is 9.37. The van der Waals surface area contributed by atoms with Crippen LogP contribution >= 0.6 is 0 Å². The highest BCUT2D eigenvalue weighted by molar-refractivity contribution is 7.00. The molecule has 0 amide bonds. The number of fused-ring (bicyclic) bond motifs is 3. The lowest BCUT2D eigenvalue weighted by Crippen LogP contribution is -2.51. The molecule has 5 aromatic rings. The predicted octanol–water partition coefficient (Wildman–Crippen LogP) is 7.94. The summed E-state index contributed by atoms with van der Waals surface area (Å²) in [5, 5.41) is 0. The highest BCUT2D eigenvalue weighted by atomic mass is 14.7. The number of hydrogen-bond donors (Lipinski definition) is 0. The fourth-order valence-corrected chi connectivity index (χ4v) is 7.51. The van der Waals surface area contributed by atoms with Gasteiger partial charge < -0.3 is 0 Å². The SMILES string of the molecule is C[C@H]1CC1(C)c1cc(-c2ccccc2)cc2c1-c1ncccc1B2c1c(C2=CCCC=C2)cccc1-c1ccccc1. The van der Waals surface area contributed by atoms with Gasteiger partial charge in [-0.3, -0.25) is 4.98 Å². The first-order valence-corrected chi connectivity index (χ1v) is 15.4. The summed E-state index contributed by atoms with van der Waals surface area (Å²) in [5.41, 5.74) is 16.1. The zero-order valence-corrected chi connectivity index (χ0v) is 24.3. The van der Waals surface area contributed by atoms with Crippen LogP contribution in [0.3, 0.4) is 0 Å². The average Bonchev–Trinajstić information content (AvgIpc) is 3.54. The minimum absolute atomic E-state index is 0.0893. The minimum Gasteiger partial charge on any atom is -0.257 e. The van der Waals surface area contributed by atoms with E-state index in [0.717, 1.165) is 18.5 Å². The summed E-state index contributed by atoms with van der Waals surface area (Å²) in [4.78, 5) is 5.12. The highest BCUT2D eigenvalue weighted by Gasteiger charge is 2.51. The van der Waals surface area contributed by atoms with Gasteiger partial charge in [-0.05, 0) is 92.7 Å². The van der Waals surface area contributed by atoms with E-state index in [2.05, 4.69) is 135 Å². The normalized spacial score (nSPS) is 20.2. The fourth-order valence-electron chi connectivity index (χ4n) is 7.51. The van der Waals surface area contributed by atoms with Gasteiger partial charge in [0.25, 0.3) is 0 Å². The van der Waals surface area contributed by atoms with Gasteiger partial charge in [-0.2, -0.15) is 0 Å². The first-order chi connectivity index (χ1) is 20.6. The summed E-state index contributed by atoms with van der Waals surface area (Å²) in [6.07, 6.45) is 12.5. The smallest absolute Gasteiger partial charge is 0.246 e. The summed E-state index contributed by atoms with van der Waals surface area (Å²) in [6, 6.07) is 38.2. The minimum atomic E-state index is 0.0893. The molecule has 1 nitrogen and oxygen atoms in total. The first-order valence-electron chi connectivity index (χ1n) is 15.4. The monoisotopic (exact) mass is 539 g/mol. The highest BCUT2D eigenvalue weighted by Crippen LogP contribution is 2.56. The Morgan fingerprint density at radius 1 is 0.738 bits per heavy atom. The van der Waals surface area contributed by atoms with Crippen molar-refractivity contribution in [2.45, 2.75) is 38.5 Å². The van der Waals surface area contributed by atoms with Crippen LogP contribution in [0.1, 0.15) is 44.2 Å². The Morgan fingerprint density at radius 2 is 1.48 bits per heavy atom. The maximum absolute atomic E-state index is 5.12. The molecule has 0 saturated heterocycles. The molecule has 4 aromatic carbocycles. The van der Waals surface area contributed by atoms with Crippen LogP contribution in [0.4, 0.5) is 0 Å². The van der Waals surface area contributed by atoms with Gasteiger partial charge in [0, 0.05) is 6.20 Å². The van der Waals surface area contributed by atoms with Crippen LogP contribution < -0.4 is 16.4 Å². The number of pyridine rings is 1. The zero-order valence-electron chi connectivity index (χ0n) is 24.3. The van der Waals surface area contributed by atoms with E-state index >= 15 is 0 Å². The van der Waals surface area contributed by atoms with E-state index in [1.165, 1.54) is 67.3 Å². The molecule has 1 aromatic heterocycles. The third kappa shape index (κ3) is 3.96. The van der Waals surface area contributed by atoms with Crippen LogP contribution in [0.2, 0.25) is 0 Å². The van der Waals surface area contributed by atoms with Crippen molar-refractivity contribution >= 4 is 28.7 Å². The molecule has 2 heteroatoms. The molecule has 202 valence electrons. The third-order valence-corrected chi connectivity index (χ3v) is 10.0. The summed E-state index contributed by atoms with van der Waals surface area (Å²) in [5.74, 6) is 0.656. The third-order valence-electron chi connectivity index (χ3n) is 10.0. The average molecular weight is 540 g/mol. The van der Waals surface area contributed by atoms with Crippen molar-refractivity contribution in [2.75, 3.05) is 0 Å². The van der Waals surface area contributed by atoms with E-state index in [-0.39, 0.29) is 12.1 Å². The van der Waals surface area contributed by atoms with E-state index in [1.807, 2.05) is 6.20 Å². The van der Waals surface area contributed by atoms with E-state index in [1.54, 1.807) is 0 Å². The summed E-state index contributed by atoms with van der Waals surface area (Å²) < 4.78 is 0. The second kappa shape index (κ2) is 9.84. The Kier molecular flexibility index (Phi) is 5.93. The number of benzene rings is 4. The fraction of sp³-hybridized carbons (Fsp3) is 0.175. The second-order valence-corrected chi connectivity index (χ2v) is 12.5. The van der Waals surface area contributed by atoms with Gasteiger partial charge in [0.15, 0.2) is 0 Å². The van der Waals surface area contributed by atoms with Gasteiger partial charge in [0.1, 0.15) is 0 Å². The molecular weight excluding hydrogens is 505 g/mol. The van der Waals surface area contributed by atoms with E-state index in [9.17, 15) is 0 Å². The summed E-state index contributed by atoms with van der Waals surface area (Å²) in [6.45, 7) is 4.95. The van der Waals surface area contributed by atoms with Crippen molar-refractivity contribution < 1.29 is 0 Å². The Bertz CT molecular complexity index is 1880. The van der Waals surface area contributed by atoms with Gasteiger partial charge in [0.05, 0.1) is 5.69 Å². The molecule has 2 aliphatic carbocycles. The van der Waals surface area contributed by atoms with E-state index < -0.39 is 0 Å². The molecule has 1 aliphatic heterocycles. The topological polar surface area (TPSA) is 12.9 Å². The van der Waals surface area contributed by atoms with Crippen molar-refractivity contribution in [3.63, 3.8) is 0 Å². The summed E-state index contributed by atoms with van der Waals surface area (Å²) in [7, 11) is 0. The van der Waals surface area contributed by atoms with Crippen molar-refractivity contribution in [3.05, 3.63) is 139 Å². The van der Waals surface area contributed by atoms with Gasteiger partial charge in [-0.15, -0.1) is 0 Å². The van der Waals surface area contributed by atoms with E-state index in [0.29, 0.717) is 5.92 Å². The molecule has 8 rings (SSSR count). The maximum Gasteiger partial charge on any atom is 0.246 e. The predicted molar refractivity (Wildman–Crippen MR) is 179 cm³/mol. The molecule has 1 unspecified atom stereocenters. The van der Waals surface area contributed by atoms with Crippen LogP contribution in [0.15, 0.2) is 128 Å². The largest absolute Gasteiger partial charge is 0.257 e. The van der Waals surface area contributed by atoms with Crippen LogP contribution in [0, 0.1) is 5.92 Å². The molecule has 42 heavy (non-hydrogen) atoms. The number of allylic oxidation sites excluding steroid dienone is 4. The van der Waals surface area contributed by atoms with Gasteiger partial charge in [-0.1, -0.05) is 134 Å². The Balaban J connectivity index is 1.47. The van der Waals surface area contributed by atoms with Crippen molar-refractivity contribution in [2.24, 2.45) is 5.92 Å². The number of hydrogen-bond acceptors (Lipinski definition) is 1. The second-order valence-electron chi connectivity index (χ2n) is 12.5. The van der Waals surface area contributed by atoms with Crippen molar-refractivity contribution in [1.82, 2.24) is 4.98 Å². The van der Waals surface area contributed by atoms with Crippen LogP contribution in [0.5, 0.6) is 0 Å². The zero-order chi connectivity index (χ0) is 28.3. The molecule has 0 N–H and O–H groups in total. The molecule has 2 heterocycles. The molecule has 2 atom stereocenters. The first kappa shape index (κ1) is 25.3. The quantitative estimate of drug-likeness (QED) is 0.203. The lowest BCUT2D eigenvalue weighted by molar-refractivity contribution is 0.704. The number of nitrogens with zero attached hydrogens (tertiary/aromatic N) is 1. The lowest BCUT2D eigenvalue weighted by Gasteiger charge is -2.23. The summed E-state index contributed by atoms with van der Waals surface area (Å²) >= 11 is 0. The van der Waals surface area contributed by atoms with Gasteiger partial charge in [0.2, 0.25) is 6.71 Å². The molecule has 1 fully saturated rings. The molecular formula is C40H34BN. The van der Waals surface area contributed by atoms with Crippen LogP contribution in [-0.4, -0.2) is 11.7 Å². The number of rotatable bonds is 5. The molecule has 0 spiro atoms. The van der Waals surface area contributed by atoms with E-state index in [4.69, 9.17) is 4.98 Å². The van der Waals surface area contributed by atoms with Gasteiger partial charge in [-0.25, -0.2) is 0 Å². The molecule has 1 saturated carbocycles.